The zero-order valence-electron chi connectivity index (χ0n) is 16.3. The van der Waals surface area contributed by atoms with E-state index >= 15 is 0 Å². The van der Waals surface area contributed by atoms with Gasteiger partial charge in [-0.15, -0.1) is 0 Å². The molecule has 0 spiro atoms. The van der Waals surface area contributed by atoms with E-state index in [1.807, 2.05) is 36.4 Å². The molecule has 2 aromatic carbocycles. The number of carbonyl (C=O) groups is 3. The van der Waals surface area contributed by atoms with Crippen LogP contribution in [0.3, 0.4) is 0 Å². The van der Waals surface area contributed by atoms with Crippen LogP contribution in [-0.4, -0.2) is 44.6 Å². The summed E-state index contributed by atoms with van der Waals surface area (Å²) in [5, 5.41) is 2.73. The van der Waals surface area contributed by atoms with Crippen LogP contribution in [0.5, 0.6) is 5.75 Å². The highest BCUT2D eigenvalue weighted by molar-refractivity contribution is 6.00. The SMILES string of the molecule is COc1ccccc1N1C[C@H](C(=O)OCC(=O)NCCc2ccccc2)CC1=O. The highest BCUT2D eigenvalue weighted by Gasteiger charge is 2.37. The third kappa shape index (κ3) is 5.34. The van der Waals surface area contributed by atoms with E-state index < -0.39 is 11.9 Å². The minimum atomic E-state index is -0.607. The lowest BCUT2D eigenvalue weighted by Crippen LogP contribution is -2.32. The molecule has 7 heteroatoms. The normalized spacial score (nSPS) is 15.8. The summed E-state index contributed by atoms with van der Waals surface area (Å²) < 4.78 is 10.4. The second kappa shape index (κ2) is 9.73. The summed E-state index contributed by atoms with van der Waals surface area (Å²) in [7, 11) is 1.53. The highest BCUT2D eigenvalue weighted by atomic mass is 16.5. The summed E-state index contributed by atoms with van der Waals surface area (Å²) in [4.78, 5) is 38.1. The number of ether oxygens (including phenoxy) is 2. The molecule has 29 heavy (non-hydrogen) atoms. The Labute approximate surface area is 169 Å². The van der Waals surface area contributed by atoms with Crippen molar-refractivity contribution in [3.8, 4) is 5.75 Å². The van der Waals surface area contributed by atoms with E-state index in [0.717, 1.165) is 5.56 Å². The number of nitrogens with zero attached hydrogens (tertiary/aromatic N) is 1. The standard InChI is InChI=1S/C22H24N2O5/c1-28-19-10-6-5-9-18(19)24-14-17(13-21(24)26)22(27)29-15-20(25)23-12-11-16-7-3-2-4-8-16/h2-10,17H,11-15H2,1H3,(H,23,25)/t17-/m1/s1. The van der Waals surface area contributed by atoms with Gasteiger partial charge in [0.25, 0.3) is 5.91 Å². The summed E-state index contributed by atoms with van der Waals surface area (Å²) in [6.45, 7) is 0.310. The lowest BCUT2D eigenvalue weighted by molar-refractivity contribution is -0.152. The first-order valence-corrected chi connectivity index (χ1v) is 9.49. The van der Waals surface area contributed by atoms with Crippen molar-refractivity contribution in [2.45, 2.75) is 12.8 Å². The minimum absolute atomic E-state index is 0.0481. The Bertz CT molecular complexity index is 869. The average molecular weight is 396 g/mol. The fraction of sp³-hybridized carbons (Fsp3) is 0.318. The molecule has 0 aliphatic carbocycles. The molecule has 2 aromatic rings. The van der Waals surface area contributed by atoms with Crippen molar-refractivity contribution in [1.82, 2.24) is 5.32 Å². The maximum absolute atomic E-state index is 12.4. The van der Waals surface area contributed by atoms with E-state index in [4.69, 9.17) is 9.47 Å². The number of hydrogen-bond acceptors (Lipinski definition) is 5. The predicted octanol–water partition coefficient (Wildman–Crippen LogP) is 1.95. The van der Waals surface area contributed by atoms with Gasteiger partial charge in [0.15, 0.2) is 6.61 Å². The summed E-state index contributed by atoms with van der Waals surface area (Å²) in [6.07, 6.45) is 0.748. The zero-order valence-corrected chi connectivity index (χ0v) is 16.3. The third-order valence-electron chi connectivity index (χ3n) is 4.76. The third-order valence-corrected chi connectivity index (χ3v) is 4.76. The molecule has 1 aliphatic heterocycles. The number of benzene rings is 2. The summed E-state index contributed by atoms with van der Waals surface area (Å²) in [5.74, 6) is -1.13. The van der Waals surface area contributed by atoms with E-state index in [9.17, 15) is 14.4 Å². The van der Waals surface area contributed by atoms with Crippen molar-refractivity contribution >= 4 is 23.5 Å². The van der Waals surface area contributed by atoms with Crippen molar-refractivity contribution in [1.29, 1.82) is 0 Å². The van der Waals surface area contributed by atoms with Crippen LogP contribution >= 0.6 is 0 Å². The molecular weight excluding hydrogens is 372 g/mol. The summed E-state index contributed by atoms with van der Waals surface area (Å²) in [6, 6.07) is 16.9. The molecule has 1 atom stereocenters. The summed E-state index contributed by atoms with van der Waals surface area (Å²) >= 11 is 0. The number of nitrogens with one attached hydrogen (secondary N) is 1. The molecule has 1 saturated heterocycles. The van der Waals surface area contributed by atoms with Gasteiger partial charge < -0.3 is 19.7 Å². The van der Waals surface area contributed by atoms with Crippen molar-refractivity contribution in [3.05, 3.63) is 60.2 Å². The van der Waals surface area contributed by atoms with Crippen molar-refractivity contribution in [2.24, 2.45) is 5.92 Å². The Hall–Kier alpha value is -3.35. The first-order chi connectivity index (χ1) is 14.1. The van der Waals surface area contributed by atoms with Gasteiger partial charge in [-0.1, -0.05) is 42.5 Å². The number of carbonyl (C=O) groups excluding carboxylic acids is 3. The van der Waals surface area contributed by atoms with Gasteiger partial charge in [0.05, 0.1) is 18.7 Å². The maximum atomic E-state index is 12.4. The number of rotatable bonds is 8. The lowest BCUT2D eigenvalue weighted by Gasteiger charge is -2.19. The van der Waals surface area contributed by atoms with Gasteiger partial charge in [-0.25, -0.2) is 0 Å². The van der Waals surface area contributed by atoms with Gasteiger partial charge in [0, 0.05) is 19.5 Å². The second-order valence-corrected chi connectivity index (χ2v) is 6.77. The molecular formula is C22H24N2O5. The number of anilines is 1. The Morgan fingerprint density at radius 1 is 1.10 bits per heavy atom. The van der Waals surface area contributed by atoms with Crippen LogP contribution < -0.4 is 15.0 Å². The van der Waals surface area contributed by atoms with Crippen LogP contribution in [0, 0.1) is 5.92 Å². The van der Waals surface area contributed by atoms with Crippen molar-refractivity contribution in [2.75, 3.05) is 31.7 Å². The molecule has 0 radical (unpaired) electrons. The van der Waals surface area contributed by atoms with Crippen molar-refractivity contribution < 1.29 is 23.9 Å². The quantitative estimate of drug-likeness (QED) is 0.690. The number of amides is 2. The highest BCUT2D eigenvalue weighted by Crippen LogP contribution is 2.33. The van der Waals surface area contributed by atoms with E-state index in [1.54, 1.807) is 18.2 Å². The Kier molecular flexibility index (Phi) is 6.84. The smallest absolute Gasteiger partial charge is 0.311 e. The minimum Gasteiger partial charge on any atom is -0.495 e. The molecule has 1 fully saturated rings. The molecule has 2 amide bonds. The number of methoxy groups -OCH3 is 1. The lowest BCUT2D eigenvalue weighted by atomic mass is 10.1. The molecule has 152 valence electrons. The fourth-order valence-corrected chi connectivity index (χ4v) is 3.25. The van der Waals surface area contributed by atoms with Crippen LogP contribution in [0.4, 0.5) is 5.69 Å². The van der Waals surface area contributed by atoms with Crippen LogP contribution in [0.2, 0.25) is 0 Å². The molecule has 0 saturated carbocycles. The Balaban J connectivity index is 1.45. The van der Waals surface area contributed by atoms with Gasteiger partial charge in [-0.05, 0) is 24.1 Å². The average Bonchev–Trinajstić information content (AvgIpc) is 3.14. The first kappa shape index (κ1) is 20.4. The number of para-hydroxylation sites is 2. The van der Waals surface area contributed by atoms with Crippen LogP contribution in [0.1, 0.15) is 12.0 Å². The van der Waals surface area contributed by atoms with Crippen LogP contribution in [0.15, 0.2) is 54.6 Å². The van der Waals surface area contributed by atoms with Gasteiger partial charge in [-0.3, -0.25) is 14.4 Å². The van der Waals surface area contributed by atoms with Gasteiger partial charge >= 0.3 is 5.97 Å². The molecule has 1 heterocycles. The van der Waals surface area contributed by atoms with Crippen LogP contribution in [0.25, 0.3) is 0 Å². The topological polar surface area (TPSA) is 84.9 Å². The Morgan fingerprint density at radius 3 is 2.59 bits per heavy atom. The molecule has 0 aromatic heterocycles. The van der Waals surface area contributed by atoms with E-state index in [2.05, 4.69) is 5.32 Å². The predicted molar refractivity (Wildman–Crippen MR) is 108 cm³/mol. The van der Waals surface area contributed by atoms with E-state index in [1.165, 1.54) is 12.0 Å². The molecule has 7 nitrogen and oxygen atoms in total. The second-order valence-electron chi connectivity index (χ2n) is 6.77. The summed E-state index contributed by atoms with van der Waals surface area (Å²) in [5.41, 5.74) is 1.74. The molecule has 1 aliphatic rings. The number of esters is 1. The van der Waals surface area contributed by atoms with Gasteiger partial charge in [0.1, 0.15) is 5.75 Å². The number of hydrogen-bond donors (Lipinski definition) is 1. The zero-order chi connectivity index (χ0) is 20.6. The van der Waals surface area contributed by atoms with E-state index in [-0.39, 0.29) is 31.4 Å². The fourth-order valence-electron chi connectivity index (χ4n) is 3.25. The van der Waals surface area contributed by atoms with Crippen molar-refractivity contribution in [3.63, 3.8) is 0 Å². The molecule has 0 unspecified atom stereocenters. The molecule has 3 rings (SSSR count). The Morgan fingerprint density at radius 2 is 1.83 bits per heavy atom. The first-order valence-electron chi connectivity index (χ1n) is 9.49. The molecule has 1 N–H and O–H groups in total. The molecule has 0 bridgehead atoms. The van der Waals surface area contributed by atoms with Gasteiger partial charge in [0.2, 0.25) is 5.91 Å². The largest absolute Gasteiger partial charge is 0.495 e. The van der Waals surface area contributed by atoms with E-state index in [0.29, 0.717) is 24.4 Å². The van der Waals surface area contributed by atoms with Gasteiger partial charge in [-0.2, -0.15) is 0 Å². The maximum Gasteiger partial charge on any atom is 0.311 e. The monoisotopic (exact) mass is 396 g/mol. The van der Waals surface area contributed by atoms with Crippen LogP contribution in [-0.2, 0) is 25.5 Å².